The van der Waals surface area contributed by atoms with Crippen molar-refractivity contribution in [1.82, 2.24) is 10.6 Å². The van der Waals surface area contributed by atoms with E-state index in [1.807, 2.05) is 72.8 Å². The third kappa shape index (κ3) is 7.81. The third-order valence-electron chi connectivity index (χ3n) is 6.51. The molecule has 3 aromatic rings. The maximum absolute atomic E-state index is 13.2. The van der Waals surface area contributed by atoms with Gasteiger partial charge in [0.2, 0.25) is 23.6 Å². The Morgan fingerprint density at radius 2 is 1.40 bits per heavy atom. The zero-order chi connectivity index (χ0) is 28.3. The molecule has 0 saturated carbocycles. The Balaban J connectivity index is 1.20. The number of carbonyl (C=O) groups excluding carboxylic acids is 4. The number of benzene rings is 3. The second-order valence-corrected chi connectivity index (χ2v) is 9.38. The molecule has 0 unspecified atom stereocenters. The number of nitrogens with one attached hydrogen (secondary N) is 3. The summed E-state index contributed by atoms with van der Waals surface area (Å²) in [7, 11) is 0. The average molecular weight is 537 g/mol. The Hall–Kier alpha value is -4.90. The first-order valence-corrected chi connectivity index (χ1v) is 13.3. The number of hydrogen-bond donors (Lipinski definition) is 3. The highest BCUT2D eigenvalue weighted by Gasteiger charge is 2.21. The van der Waals surface area contributed by atoms with Gasteiger partial charge in [0.05, 0.1) is 18.8 Å². The van der Waals surface area contributed by atoms with Crippen molar-refractivity contribution < 1.29 is 19.2 Å². The molecule has 0 aromatic heterocycles. The van der Waals surface area contributed by atoms with Crippen molar-refractivity contribution in [3.63, 3.8) is 0 Å². The summed E-state index contributed by atoms with van der Waals surface area (Å²) >= 11 is 0. The fourth-order valence-electron chi connectivity index (χ4n) is 4.26. The van der Waals surface area contributed by atoms with Gasteiger partial charge >= 0.3 is 0 Å². The Kier molecular flexibility index (Phi) is 9.67. The topological polar surface area (TPSA) is 108 Å². The van der Waals surface area contributed by atoms with Gasteiger partial charge in [0.25, 0.3) is 0 Å². The molecule has 0 radical (unpaired) electrons. The molecule has 3 aromatic carbocycles. The van der Waals surface area contributed by atoms with Gasteiger partial charge in [-0.05, 0) is 47.9 Å². The predicted octanol–water partition coefficient (Wildman–Crippen LogP) is 3.54. The van der Waals surface area contributed by atoms with E-state index in [2.05, 4.69) is 34.7 Å². The first-order chi connectivity index (χ1) is 19.4. The fourth-order valence-corrected chi connectivity index (χ4v) is 4.26. The van der Waals surface area contributed by atoms with Crippen molar-refractivity contribution in [3.05, 3.63) is 95.1 Å². The minimum atomic E-state index is -0.403. The fraction of sp³-hybridized carbons (Fsp3) is 0.250. The van der Waals surface area contributed by atoms with Gasteiger partial charge in [0.15, 0.2) is 0 Å². The highest BCUT2D eigenvalue weighted by atomic mass is 16.2. The van der Waals surface area contributed by atoms with Crippen LogP contribution in [0, 0.1) is 11.8 Å². The second kappa shape index (κ2) is 13.8. The highest BCUT2D eigenvalue weighted by molar-refractivity contribution is 5.96. The molecule has 4 amide bonds. The maximum atomic E-state index is 13.2. The molecule has 0 fully saturated rings. The van der Waals surface area contributed by atoms with E-state index < -0.39 is 5.91 Å². The van der Waals surface area contributed by atoms with E-state index in [1.54, 1.807) is 4.90 Å². The first-order valence-electron chi connectivity index (χ1n) is 13.3. The average Bonchev–Trinajstić information content (AvgIpc) is 2.96. The van der Waals surface area contributed by atoms with Crippen LogP contribution in [0.4, 0.5) is 11.4 Å². The largest absolute Gasteiger partial charge is 0.356 e. The van der Waals surface area contributed by atoms with Crippen LogP contribution in [0.15, 0.2) is 72.8 Å². The van der Waals surface area contributed by atoms with Crippen molar-refractivity contribution >= 4 is 35.0 Å². The molecular weight excluding hydrogens is 504 g/mol. The monoisotopic (exact) mass is 536 g/mol. The number of carbonyl (C=O) groups is 4. The summed E-state index contributed by atoms with van der Waals surface area (Å²) in [5.74, 6) is 5.13. The van der Waals surface area contributed by atoms with Crippen LogP contribution in [0.1, 0.15) is 48.4 Å². The number of rotatable bonds is 10. The number of hydrogen-bond acceptors (Lipinski definition) is 4. The standard InChI is InChI=1S/C32H32N4O4/c1-2-23-11-15-27(16-12-23)35-31(39)21-34-30(38)18-17-29(37)33-20-19-32(40)36-22-26-9-4-3-7-24(26)13-14-25-8-5-6-10-28(25)36/h3-12,15-16H,2,17-22H2,1H3,(H,33,37)(H,34,38)(H,35,39). The van der Waals surface area contributed by atoms with E-state index in [0.717, 1.165) is 34.4 Å². The zero-order valence-electron chi connectivity index (χ0n) is 22.5. The van der Waals surface area contributed by atoms with E-state index in [9.17, 15) is 19.2 Å². The Labute approximate surface area is 234 Å². The molecule has 204 valence electrons. The summed E-state index contributed by atoms with van der Waals surface area (Å²) in [6.45, 7) is 2.39. The minimum absolute atomic E-state index is 0.0460. The molecular formula is C32H32N4O4. The van der Waals surface area contributed by atoms with Crippen LogP contribution in [0.3, 0.4) is 0 Å². The molecule has 8 nitrogen and oxygen atoms in total. The maximum Gasteiger partial charge on any atom is 0.243 e. The van der Waals surface area contributed by atoms with Crippen LogP contribution < -0.4 is 20.9 Å². The van der Waals surface area contributed by atoms with Crippen molar-refractivity contribution in [2.24, 2.45) is 0 Å². The Morgan fingerprint density at radius 3 is 2.15 bits per heavy atom. The number of para-hydroxylation sites is 1. The molecule has 0 aliphatic carbocycles. The van der Waals surface area contributed by atoms with E-state index in [1.165, 1.54) is 0 Å². The molecule has 0 bridgehead atoms. The summed E-state index contributed by atoms with van der Waals surface area (Å²) in [6.07, 6.45) is 0.899. The molecule has 0 saturated heterocycles. The molecule has 8 heteroatoms. The van der Waals surface area contributed by atoms with E-state index in [4.69, 9.17) is 0 Å². The number of amides is 4. The number of fused-ring (bicyclic) bond motifs is 2. The van der Waals surface area contributed by atoms with Crippen molar-refractivity contribution in [3.8, 4) is 11.8 Å². The molecule has 1 heterocycles. The first kappa shape index (κ1) is 28.1. The number of nitrogens with zero attached hydrogens (tertiary/aromatic N) is 1. The second-order valence-electron chi connectivity index (χ2n) is 9.38. The summed E-state index contributed by atoms with van der Waals surface area (Å²) in [6, 6.07) is 22.7. The number of aryl methyl sites for hydroxylation is 1. The normalized spacial score (nSPS) is 11.5. The van der Waals surface area contributed by atoms with Gasteiger partial charge in [0.1, 0.15) is 0 Å². The van der Waals surface area contributed by atoms with E-state index in [0.29, 0.717) is 12.2 Å². The van der Waals surface area contributed by atoms with E-state index >= 15 is 0 Å². The smallest absolute Gasteiger partial charge is 0.243 e. The third-order valence-corrected chi connectivity index (χ3v) is 6.51. The van der Waals surface area contributed by atoms with Gasteiger partial charge in [-0.3, -0.25) is 19.2 Å². The predicted molar refractivity (Wildman–Crippen MR) is 154 cm³/mol. The van der Waals surface area contributed by atoms with Crippen LogP contribution in [0.2, 0.25) is 0 Å². The summed E-state index contributed by atoms with van der Waals surface area (Å²) < 4.78 is 0. The lowest BCUT2D eigenvalue weighted by Gasteiger charge is -2.26. The SMILES string of the molecule is CCc1ccc(NC(=O)CNC(=O)CCC(=O)NCCC(=O)N2Cc3ccccc3C#Cc3ccccc32)cc1. The molecule has 1 aliphatic heterocycles. The van der Waals surface area contributed by atoms with Gasteiger partial charge in [-0.1, -0.05) is 61.2 Å². The molecule has 0 atom stereocenters. The van der Waals surface area contributed by atoms with Crippen LogP contribution in [-0.2, 0) is 32.1 Å². The van der Waals surface area contributed by atoms with Crippen molar-refractivity contribution in [2.75, 3.05) is 23.3 Å². The zero-order valence-corrected chi connectivity index (χ0v) is 22.5. The summed E-state index contributed by atoms with van der Waals surface area (Å²) in [4.78, 5) is 51.4. The molecule has 3 N–H and O–H groups in total. The van der Waals surface area contributed by atoms with Crippen molar-refractivity contribution in [2.45, 2.75) is 39.2 Å². The highest BCUT2D eigenvalue weighted by Crippen LogP contribution is 2.25. The lowest BCUT2D eigenvalue weighted by Crippen LogP contribution is -2.36. The van der Waals surface area contributed by atoms with Crippen molar-refractivity contribution in [1.29, 1.82) is 0 Å². The Bertz CT molecular complexity index is 1450. The Morgan fingerprint density at radius 1 is 0.750 bits per heavy atom. The molecule has 1 aliphatic rings. The van der Waals surface area contributed by atoms with Crippen LogP contribution >= 0.6 is 0 Å². The van der Waals surface area contributed by atoms with Gasteiger partial charge in [-0.25, -0.2) is 0 Å². The van der Waals surface area contributed by atoms with Gasteiger partial charge in [-0.15, -0.1) is 0 Å². The van der Waals surface area contributed by atoms with Gasteiger partial charge < -0.3 is 20.9 Å². The van der Waals surface area contributed by atoms with Gasteiger partial charge in [0, 0.05) is 42.6 Å². The van der Waals surface area contributed by atoms with Crippen LogP contribution in [0.5, 0.6) is 0 Å². The van der Waals surface area contributed by atoms with Crippen LogP contribution in [-0.4, -0.2) is 36.7 Å². The van der Waals surface area contributed by atoms with Crippen LogP contribution in [0.25, 0.3) is 0 Å². The molecule has 4 rings (SSSR count). The minimum Gasteiger partial charge on any atom is -0.356 e. The lowest BCUT2D eigenvalue weighted by molar-refractivity contribution is -0.127. The van der Waals surface area contributed by atoms with Gasteiger partial charge in [-0.2, -0.15) is 0 Å². The molecule has 40 heavy (non-hydrogen) atoms. The van der Waals surface area contributed by atoms with E-state index in [-0.39, 0.29) is 50.1 Å². The lowest BCUT2D eigenvalue weighted by atomic mass is 10.0. The quantitative estimate of drug-likeness (QED) is 0.345. The molecule has 0 spiro atoms. The number of anilines is 2. The summed E-state index contributed by atoms with van der Waals surface area (Å²) in [5.41, 5.74) is 5.16. The summed E-state index contributed by atoms with van der Waals surface area (Å²) in [5, 5.41) is 7.96.